The third kappa shape index (κ3) is 6.10. The highest BCUT2D eigenvalue weighted by molar-refractivity contribution is 5.93. The Kier molecular flexibility index (Phi) is 7.24. The molecule has 8 nitrogen and oxygen atoms in total. The zero-order valence-electron chi connectivity index (χ0n) is 18.7. The molecule has 4 rings (SSSR count). The van der Waals surface area contributed by atoms with Gasteiger partial charge in [0.25, 0.3) is 0 Å². The normalized spacial score (nSPS) is 16.8. The summed E-state index contributed by atoms with van der Waals surface area (Å²) < 4.78 is 10.6. The molecule has 2 aliphatic rings. The second-order valence-electron chi connectivity index (χ2n) is 8.53. The minimum Gasteiger partial charge on any atom is -0.454 e. The molecule has 0 saturated carbocycles. The molecule has 33 heavy (non-hydrogen) atoms. The van der Waals surface area contributed by atoms with Crippen molar-refractivity contribution in [3.63, 3.8) is 0 Å². The number of piperidine rings is 1. The molecule has 2 aromatic carbocycles. The molecule has 0 bridgehead atoms. The number of ether oxygens (including phenoxy) is 2. The third-order valence-corrected chi connectivity index (χ3v) is 6.07. The van der Waals surface area contributed by atoms with E-state index >= 15 is 0 Å². The minimum absolute atomic E-state index is 0.0301. The summed E-state index contributed by atoms with van der Waals surface area (Å²) in [4.78, 5) is 39.3. The molecule has 8 heteroatoms. The van der Waals surface area contributed by atoms with Crippen LogP contribution >= 0.6 is 0 Å². The lowest BCUT2D eigenvalue weighted by Gasteiger charge is -2.31. The van der Waals surface area contributed by atoms with E-state index in [1.807, 2.05) is 35.2 Å². The van der Waals surface area contributed by atoms with Gasteiger partial charge in [0.15, 0.2) is 17.3 Å². The fourth-order valence-corrected chi connectivity index (χ4v) is 4.16. The molecule has 2 amide bonds. The lowest BCUT2D eigenvalue weighted by atomic mass is 9.95. The molecule has 0 aliphatic carbocycles. The lowest BCUT2D eigenvalue weighted by molar-refractivity contribution is -0.128. The average Bonchev–Trinajstić information content (AvgIpc) is 3.27. The van der Waals surface area contributed by atoms with Gasteiger partial charge in [-0.05, 0) is 57.0 Å². The van der Waals surface area contributed by atoms with Crippen molar-refractivity contribution in [3.05, 3.63) is 54.1 Å². The van der Waals surface area contributed by atoms with Crippen molar-refractivity contribution in [1.82, 2.24) is 10.2 Å². The first-order valence-electron chi connectivity index (χ1n) is 11.2. The molecule has 0 unspecified atom stereocenters. The van der Waals surface area contributed by atoms with Gasteiger partial charge in [-0.1, -0.05) is 30.3 Å². The summed E-state index contributed by atoms with van der Waals surface area (Å²) in [6.45, 7) is 3.21. The highest BCUT2D eigenvalue weighted by atomic mass is 16.7. The average molecular weight is 452 g/mol. The van der Waals surface area contributed by atoms with Crippen LogP contribution in [0, 0.1) is 5.92 Å². The van der Waals surface area contributed by atoms with Crippen LogP contribution in [0.4, 0.5) is 5.69 Å². The smallest absolute Gasteiger partial charge is 0.234 e. The molecular weight excluding hydrogens is 422 g/mol. The second-order valence-corrected chi connectivity index (χ2v) is 8.53. The zero-order valence-corrected chi connectivity index (χ0v) is 18.7. The molecule has 0 radical (unpaired) electrons. The second kappa shape index (κ2) is 10.5. The van der Waals surface area contributed by atoms with Crippen LogP contribution in [-0.2, 0) is 20.8 Å². The molecule has 1 atom stereocenters. The van der Waals surface area contributed by atoms with Crippen molar-refractivity contribution < 1.29 is 23.9 Å². The Morgan fingerprint density at radius 1 is 1.03 bits per heavy atom. The Balaban J connectivity index is 1.22. The predicted molar refractivity (Wildman–Crippen MR) is 123 cm³/mol. The van der Waals surface area contributed by atoms with E-state index in [4.69, 9.17) is 9.47 Å². The van der Waals surface area contributed by atoms with Crippen LogP contribution in [0.5, 0.6) is 11.5 Å². The van der Waals surface area contributed by atoms with Gasteiger partial charge in [-0.25, -0.2) is 0 Å². The summed E-state index contributed by atoms with van der Waals surface area (Å²) in [6.07, 6.45) is 1.82. The number of likely N-dealkylation sites (tertiary alicyclic amines) is 1. The largest absolute Gasteiger partial charge is 0.454 e. The van der Waals surface area contributed by atoms with E-state index < -0.39 is 6.04 Å². The van der Waals surface area contributed by atoms with Gasteiger partial charge in [-0.3, -0.25) is 19.3 Å². The number of anilines is 1. The molecule has 0 aromatic heterocycles. The van der Waals surface area contributed by atoms with Crippen LogP contribution in [0.15, 0.2) is 48.5 Å². The minimum atomic E-state index is -0.537. The molecule has 2 heterocycles. The first kappa shape index (κ1) is 22.8. The maximum absolute atomic E-state index is 12.7. The number of carbonyl (C=O) groups excluding carboxylic acids is 3. The van der Waals surface area contributed by atoms with Crippen LogP contribution < -0.4 is 20.1 Å². The number of hydrogen-bond acceptors (Lipinski definition) is 6. The van der Waals surface area contributed by atoms with Gasteiger partial charge in [0.2, 0.25) is 18.6 Å². The molecule has 1 fully saturated rings. The number of nitrogens with zero attached hydrogens (tertiary/aromatic N) is 1. The first-order valence-corrected chi connectivity index (χ1v) is 11.2. The topological polar surface area (TPSA) is 97.0 Å². The highest BCUT2D eigenvalue weighted by Gasteiger charge is 2.27. The SMILES string of the molecule is CC(=O)[C@H](Cc1ccccc1)NC(=O)CN1CCC(C(=O)Nc2ccc3c(c2)OCO3)CC1. The van der Waals surface area contributed by atoms with Gasteiger partial charge >= 0.3 is 0 Å². The quantitative estimate of drug-likeness (QED) is 0.640. The molecular formula is C25H29N3O5. The van der Waals surface area contributed by atoms with Crippen molar-refractivity contribution in [2.45, 2.75) is 32.2 Å². The van der Waals surface area contributed by atoms with Gasteiger partial charge in [0.1, 0.15) is 0 Å². The summed E-state index contributed by atoms with van der Waals surface area (Å²) in [5.41, 5.74) is 1.69. The van der Waals surface area contributed by atoms with E-state index in [2.05, 4.69) is 10.6 Å². The number of nitrogens with one attached hydrogen (secondary N) is 2. The number of rotatable bonds is 8. The number of fused-ring (bicyclic) bond motifs is 1. The number of hydrogen-bond donors (Lipinski definition) is 2. The summed E-state index contributed by atoms with van der Waals surface area (Å²) in [5.74, 6) is 0.927. The monoisotopic (exact) mass is 451 g/mol. The van der Waals surface area contributed by atoms with E-state index in [-0.39, 0.29) is 36.9 Å². The lowest BCUT2D eigenvalue weighted by Crippen LogP contribution is -2.48. The number of ketones is 1. The molecule has 2 N–H and O–H groups in total. The van der Waals surface area contributed by atoms with E-state index in [9.17, 15) is 14.4 Å². The predicted octanol–water partition coefficient (Wildman–Crippen LogP) is 2.38. The maximum Gasteiger partial charge on any atom is 0.234 e. The van der Waals surface area contributed by atoms with Crippen LogP contribution in [0.1, 0.15) is 25.3 Å². The number of amides is 2. The van der Waals surface area contributed by atoms with Crippen LogP contribution in [0.2, 0.25) is 0 Å². The van der Waals surface area contributed by atoms with Crippen molar-refractivity contribution in [2.75, 3.05) is 31.7 Å². The van der Waals surface area contributed by atoms with Gasteiger partial charge in [0, 0.05) is 17.7 Å². The van der Waals surface area contributed by atoms with Gasteiger partial charge in [-0.2, -0.15) is 0 Å². The maximum atomic E-state index is 12.7. The summed E-state index contributed by atoms with van der Waals surface area (Å²) in [5, 5.41) is 5.82. The summed E-state index contributed by atoms with van der Waals surface area (Å²) in [6, 6.07) is 14.5. The Bertz CT molecular complexity index is 1000. The Morgan fingerprint density at radius 2 is 1.76 bits per heavy atom. The molecule has 2 aliphatic heterocycles. The van der Waals surface area contributed by atoms with Crippen molar-refractivity contribution in [2.24, 2.45) is 5.92 Å². The van der Waals surface area contributed by atoms with E-state index in [0.717, 1.165) is 5.56 Å². The zero-order chi connectivity index (χ0) is 23.2. The summed E-state index contributed by atoms with van der Waals surface area (Å²) >= 11 is 0. The van der Waals surface area contributed by atoms with E-state index in [1.54, 1.807) is 18.2 Å². The molecule has 1 saturated heterocycles. The Hall–Kier alpha value is -3.39. The first-order chi connectivity index (χ1) is 16.0. The molecule has 2 aromatic rings. The van der Waals surface area contributed by atoms with Crippen molar-refractivity contribution in [1.29, 1.82) is 0 Å². The third-order valence-electron chi connectivity index (χ3n) is 6.07. The summed E-state index contributed by atoms with van der Waals surface area (Å²) in [7, 11) is 0. The fraction of sp³-hybridized carbons (Fsp3) is 0.400. The van der Waals surface area contributed by atoms with Gasteiger partial charge in [-0.15, -0.1) is 0 Å². The van der Waals surface area contributed by atoms with Crippen molar-refractivity contribution in [3.8, 4) is 11.5 Å². The van der Waals surface area contributed by atoms with Crippen LogP contribution in [0.3, 0.4) is 0 Å². The molecule has 0 spiro atoms. The fourth-order valence-electron chi connectivity index (χ4n) is 4.16. The van der Waals surface area contributed by atoms with Gasteiger partial charge in [0.05, 0.1) is 12.6 Å². The standard InChI is InChI=1S/C25H29N3O5/c1-17(29)21(13-18-5-3-2-4-6-18)27-24(30)15-28-11-9-19(10-12-28)25(31)26-20-7-8-22-23(14-20)33-16-32-22/h2-8,14,19,21H,9-13,15-16H2,1H3,(H,26,31)(H,27,30)/t21-/m0/s1. The number of Topliss-reactive ketones (excluding diaryl/α,β-unsaturated/α-hetero) is 1. The Labute approximate surface area is 193 Å². The van der Waals surface area contributed by atoms with Crippen LogP contribution in [0.25, 0.3) is 0 Å². The Morgan fingerprint density at radius 3 is 2.48 bits per heavy atom. The van der Waals surface area contributed by atoms with E-state index in [1.165, 1.54) is 6.92 Å². The van der Waals surface area contributed by atoms with Crippen LogP contribution in [-0.4, -0.2) is 55.0 Å². The molecule has 174 valence electrons. The van der Waals surface area contributed by atoms with E-state index in [0.29, 0.717) is 49.5 Å². The number of carbonyl (C=O) groups is 3. The highest BCUT2D eigenvalue weighted by Crippen LogP contribution is 2.34. The van der Waals surface area contributed by atoms with Gasteiger partial charge < -0.3 is 20.1 Å². The number of benzene rings is 2. The van der Waals surface area contributed by atoms with Crippen molar-refractivity contribution >= 4 is 23.3 Å².